The fourth-order valence-corrected chi connectivity index (χ4v) is 2.29. The average Bonchev–Trinajstić information content (AvgIpc) is 2.78. The molecule has 2 heterocycles. The minimum Gasteiger partial charge on any atom is -0.478 e. The Morgan fingerprint density at radius 3 is 2.82 bits per heavy atom. The van der Waals surface area contributed by atoms with E-state index >= 15 is 0 Å². The number of carboxylic acid groups (broad SMARTS) is 1. The maximum absolute atomic E-state index is 10.9. The van der Waals surface area contributed by atoms with Crippen molar-refractivity contribution in [3.05, 3.63) is 40.0 Å². The number of aromatic carboxylic acids is 1. The summed E-state index contributed by atoms with van der Waals surface area (Å²) in [4.78, 5) is 26.6. The normalized spacial score (nSPS) is 10.2. The minimum absolute atomic E-state index is 0.0478. The highest BCUT2D eigenvalue weighted by Crippen LogP contribution is 2.29. The molecule has 2 aromatic heterocycles. The van der Waals surface area contributed by atoms with Gasteiger partial charge in [0.15, 0.2) is 6.29 Å². The molecule has 2 aromatic rings. The number of hydrogen-bond acceptors (Lipinski definition) is 4. The lowest BCUT2D eigenvalue weighted by Gasteiger charge is -2.01. The second-order valence-electron chi connectivity index (χ2n) is 3.19. The summed E-state index contributed by atoms with van der Waals surface area (Å²) in [5.74, 6) is -1.13. The smallest absolute Gasteiger partial charge is 0.338 e. The van der Waals surface area contributed by atoms with Crippen LogP contribution < -0.4 is 0 Å². The molecule has 0 amide bonds. The molecule has 0 aliphatic heterocycles. The number of rotatable bonds is 3. The zero-order valence-corrected chi connectivity index (χ0v) is 9.96. The van der Waals surface area contributed by atoms with Gasteiger partial charge in [0, 0.05) is 16.6 Å². The Kier molecular flexibility index (Phi) is 3.21. The largest absolute Gasteiger partial charge is 0.478 e. The van der Waals surface area contributed by atoms with Crippen molar-refractivity contribution in [2.45, 2.75) is 0 Å². The standard InChI is InChI=1S/C11H6ClNO3S/c12-10-8(11(15)16)3-6(4-13-10)9-2-1-7(5-14)17-9/h1-5H,(H,15,16). The van der Waals surface area contributed by atoms with Crippen molar-refractivity contribution in [1.82, 2.24) is 4.98 Å². The SMILES string of the molecule is O=Cc1ccc(-c2cnc(Cl)c(C(=O)O)c2)s1. The van der Waals surface area contributed by atoms with E-state index in [2.05, 4.69) is 4.98 Å². The molecule has 0 unspecified atom stereocenters. The van der Waals surface area contributed by atoms with E-state index in [1.54, 1.807) is 12.1 Å². The van der Waals surface area contributed by atoms with Crippen molar-refractivity contribution >= 4 is 35.2 Å². The van der Waals surface area contributed by atoms with Gasteiger partial charge in [-0.2, -0.15) is 0 Å². The molecule has 0 radical (unpaired) electrons. The van der Waals surface area contributed by atoms with Crippen molar-refractivity contribution in [3.63, 3.8) is 0 Å². The summed E-state index contributed by atoms with van der Waals surface area (Å²) in [6, 6.07) is 4.85. The molecular formula is C11H6ClNO3S. The Morgan fingerprint density at radius 2 is 2.24 bits per heavy atom. The van der Waals surface area contributed by atoms with Gasteiger partial charge in [0.1, 0.15) is 5.15 Å². The van der Waals surface area contributed by atoms with Crippen LogP contribution in [0.25, 0.3) is 10.4 Å². The summed E-state index contributed by atoms with van der Waals surface area (Å²) in [5, 5.41) is 8.86. The zero-order chi connectivity index (χ0) is 12.4. The van der Waals surface area contributed by atoms with Crippen LogP contribution in [0.4, 0.5) is 0 Å². The van der Waals surface area contributed by atoms with Crippen LogP contribution in [0, 0.1) is 0 Å². The van der Waals surface area contributed by atoms with Crippen LogP contribution in [-0.2, 0) is 0 Å². The van der Waals surface area contributed by atoms with Crippen LogP contribution >= 0.6 is 22.9 Å². The van der Waals surface area contributed by atoms with Gasteiger partial charge in [-0.05, 0) is 18.2 Å². The summed E-state index contributed by atoms with van der Waals surface area (Å²) in [7, 11) is 0. The third-order valence-corrected chi connectivity index (χ3v) is 3.46. The number of carbonyl (C=O) groups is 2. The van der Waals surface area contributed by atoms with Gasteiger partial charge in [0.05, 0.1) is 10.4 Å². The highest BCUT2D eigenvalue weighted by molar-refractivity contribution is 7.17. The average molecular weight is 268 g/mol. The first kappa shape index (κ1) is 11.8. The van der Waals surface area contributed by atoms with E-state index in [0.717, 1.165) is 11.2 Å². The topological polar surface area (TPSA) is 67.3 Å². The lowest BCUT2D eigenvalue weighted by atomic mass is 10.2. The van der Waals surface area contributed by atoms with Gasteiger partial charge in [0.2, 0.25) is 0 Å². The van der Waals surface area contributed by atoms with E-state index in [1.807, 2.05) is 0 Å². The minimum atomic E-state index is -1.13. The van der Waals surface area contributed by atoms with Crippen LogP contribution in [0.15, 0.2) is 24.4 Å². The number of pyridine rings is 1. The van der Waals surface area contributed by atoms with E-state index in [0.29, 0.717) is 10.4 Å². The zero-order valence-electron chi connectivity index (χ0n) is 8.38. The fourth-order valence-electron chi connectivity index (χ4n) is 1.30. The molecule has 4 nitrogen and oxygen atoms in total. The third-order valence-electron chi connectivity index (χ3n) is 2.10. The summed E-state index contributed by atoms with van der Waals surface area (Å²) < 4.78 is 0. The van der Waals surface area contributed by atoms with Crippen LogP contribution in [0.3, 0.4) is 0 Å². The monoisotopic (exact) mass is 267 g/mol. The van der Waals surface area contributed by atoms with E-state index in [4.69, 9.17) is 16.7 Å². The first-order valence-electron chi connectivity index (χ1n) is 4.56. The number of thiophene rings is 1. The first-order chi connectivity index (χ1) is 8.11. The molecule has 0 saturated carbocycles. The maximum atomic E-state index is 10.9. The fraction of sp³-hybridized carbons (Fsp3) is 0. The Hall–Kier alpha value is -1.72. The molecular weight excluding hydrogens is 262 g/mol. The van der Waals surface area contributed by atoms with Gasteiger partial charge in [-0.25, -0.2) is 9.78 Å². The molecule has 17 heavy (non-hydrogen) atoms. The second kappa shape index (κ2) is 4.65. The summed E-state index contributed by atoms with van der Waals surface area (Å²) >= 11 is 6.93. The molecule has 86 valence electrons. The lowest BCUT2D eigenvalue weighted by molar-refractivity contribution is 0.0696. The number of carboxylic acids is 1. The predicted octanol–water partition coefficient (Wildman–Crippen LogP) is 2.97. The molecule has 0 saturated heterocycles. The molecule has 6 heteroatoms. The molecule has 2 rings (SSSR count). The van der Waals surface area contributed by atoms with Crippen LogP contribution in [0.5, 0.6) is 0 Å². The summed E-state index contributed by atoms with van der Waals surface area (Å²) in [6.07, 6.45) is 2.23. The quantitative estimate of drug-likeness (QED) is 0.686. The van der Waals surface area contributed by atoms with Gasteiger partial charge in [-0.15, -0.1) is 11.3 Å². The van der Waals surface area contributed by atoms with E-state index in [1.165, 1.54) is 23.6 Å². The van der Waals surface area contributed by atoms with Crippen molar-refractivity contribution in [3.8, 4) is 10.4 Å². The number of carbonyl (C=O) groups excluding carboxylic acids is 1. The van der Waals surface area contributed by atoms with Crippen LogP contribution in [0.1, 0.15) is 20.0 Å². The molecule has 0 aliphatic rings. The number of aromatic nitrogens is 1. The Balaban J connectivity index is 2.49. The Bertz CT molecular complexity index is 594. The van der Waals surface area contributed by atoms with Crippen molar-refractivity contribution in [2.75, 3.05) is 0 Å². The number of hydrogen-bond donors (Lipinski definition) is 1. The van der Waals surface area contributed by atoms with Crippen molar-refractivity contribution < 1.29 is 14.7 Å². The third kappa shape index (κ3) is 2.35. The number of halogens is 1. The molecule has 0 aliphatic carbocycles. The molecule has 0 atom stereocenters. The van der Waals surface area contributed by atoms with Crippen molar-refractivity contribution in [1.29, 1.82) is 0 Å². The number of nitrogens with zero attached hydrogens (tertiary/aromatic N) is 1. The van der Waals surface area contributed by atoms with Gasteiger partial charge >= 0.3 is 5.97 Å². The van der Waals surface area contributed by atoms with Crippen molar-refractivity contribution in [2.24, 2.45) is 0 Å². The van der Waals surface area contributed by atoms with Gasteiger partial charge in [-0.1, -0.05) is 11.6 Å². The molecule has 0 aromatic carbocycles. The van der Waals surface area contributed by atoms with Crippen LogP contribution in [0.2, 0.25) is 5.15 Å². The van der Waals surface area contributed by atoms with Crippen LogP contribution in [-0.4, -0.2) is 22.3 Å². The lowest BCUT2D eigenvalue weighted by Crippen LogP contribution is -1.99. The summed E-state index contributed by atoms with van der Waals surface area (Å²) in [5.41, 5.74) is 0.579. The number of aldehydes is 1. The van der Waals surface area contributed by atoms with E-state index < -0.39 is 5.97 Å². The van der Waals surface area contributed by atoms with Gasteiger partial charge in [-0.3, -0.25) is 4.79 Å². The first-order valence-corrected chi connectivity index (χ1v) is 5.75. The Morgan fingerprint density at radius 1 is 1.47 bits per heavy atom. The molecule has 0 bridgehead atoms. The molecule has 0 fully saturated rings. The highest BCUT2D eigenvalue weighted by Gasteiger charge is 2.12. The van der Waals surface area contributed by atoms with Gasteiger partial charge in [0.25, 0.3) is 0 Å². The summed E-state index contributed by atoms with van der Waals surface area (Å²) in [6.45, 7) is 0. The molecule has 0 spiro atoms. The second-order valence-corrected chi connectivity index (χ2v) is 4.66. The molecule has 1 N–H and O–H groups in total. The predicted molar refractivity (Wildman–Crippen MR) is 64.9 cm³/mol. The highest BCUT2D eigenvalue weighted by atomic mass is 35.5. The maximum Gasteiger partial charge on any atom is 0.338 e. The Labute approximate surface area is 105 Å². The van der Waals surface area contributed by atoms with Gasteiger partial charge < -0.3 is 5.11 Å². The van der Waals surface area contributed by atoms with E-state index in [9.17, 15) is 9.59 Å². The van der Waals surface area contributed by atoms with E-state index in [-0.39, 0.29) is 10.7 Å².